The van der Waals surface area contributed by atoms with E-state index in [0.717, 1.165) is 56.8 Å². The van der Waals surface area contributed by atoms with E-state index in [4.69, 9.17) is 35.4 Å². The number of nitrogens with one attached hydrogen (secondary N) is 2. The lowest BCUT2D eigenvalue weighted by Gasteiger charge is -2.13. The molecular formula is C31H36N6O6. The topological polar surface area (TPSA) is 204 Å². The average molecular weight is 589 g/mol. The molecule has 12 heteroatoms. The van der Waals surface area contributed by atoms with Gasteiger partial charge < -0.3 is 31.4 Å². The van der Waals surface area contributed by atoms with Gasteiger partial charge in [0.1, 0.15) is 5.82 Å². The van der Waals surface area contributed by atoms with Gasteiger partial charge in [-0.15, -0.1) is 6.58 Å². The molecule has 2 aromatic heterocycles. The van der Waals surface area contributed by atoms with Crippen LogP contribution in [0.15, 0.2) is 66.4 Å². The molecule has 2 aromatic carbocycles. The summed E-state index contributed by atoms with van der Waals surface area (Å²) < 4.78 is 0. The van der Waals surface area contributed by atoms with Gasteiger partial charge in [-0.25, -0.2) is 4.98 Å². The van der Waals surface area contributed by atoms with Gasteiger partial charge in [0.2, 0.25) is 5.95 Å². The molecular weight excluding hydrogens is 552 g/mol. The number of aromatic nitrogens is 3. The number of aliphatic imine (C=N–C) groups is 1. The lowest BCUT2D eigenvalue weighted by Crippen LogP contribution is -2.00. The summed E-state index contributed by atoms with van der Waals surface area (Å²) in [5.41, 5.74) is 13.9. The quantitative estimate of drug-likeness (QED) is 0.115. The molecule has 0 radical (unpaired) electrons. The van der Waals surface area contributed by atoms with Crippen molar-refractivity contribution in [1.82, 2.24) is 15.0 Å². The Hall–Kier alpha value is -5.52. The Kier molecular flexibility index (Phi) is 13.1. The molecule has 1 aliphatic heterocycles. The van der Waals surface area contributed by atoms with E-state index in [2.05, 4.69) is 68.4 Å². The summed E-state index contributed by atoms with van der Waals surface area (Å²) in [6, 6.07) is 12.7. The van der Waals surface area contributed by atoms with Gasteiger partial charge in [0, 0.05) is 61.5 Å². The van der Waals surface area contributed by atoms with E-state index >= 15 is 0 Å². The van der Waals surface area contributed by atoms with Crippen molar-refractivity contribution in [3.8, 4) is 11.1 Å². The minimum Gasteiger partial charge on any atom is -0.481 e. The summed E-state index contributed by atoms with van der Waals surface area (Å²) in [5.74, 6) is -1.59. The number of unbranched alkanes of at least 4 members (excludes halogenated alkanes) is 1. The first-order valence-electron chi connectivity index (χ1n) is 13.2. The van der Waals surface area contributed by atoms with Gasteiger partial charge in [0.15, 0.2) is 0 Å². The minimum absolute atomic E-state index is 0.245. The minimum atomic E-state index is -0.833. The highest BCUT2D eigenvalue weighted by Crippen LogP contribution is 2.35. The number of carbonyl (C=O) groups is 3. The second kappa shape index (κ2) is 16.7. The summed E-state index contributed by atoms with van der Waals surface area (Å²) in [5, 5.41) is 26.9. The number of fused-ring (bicyclic) bond motifs is 2. The number of nitrogens with two attached hydrogens (primary N) is 1. The van der Waals surface area contributed by atoms with E-state index in [1.807, 2.05) is 12.3 Å². The number of carboxylic acids is 3. The number of H-pyrrole nitrogens is 1. The first-order chi connectivity index (χ1) is 20.4. The van der Waals surface area contributed by atoms with Crippen LogP contribution in [0.5, 0.6) is 0 Å². The molecule has 0 bridgehead atoms. The van der Waals surface area contributed by atoms with E-state index in [0.29, 0.717) is 12.4 Å². The number of hydrogen-bond acceptors (Lipinski definition) is 8. The number of aryl methyl sites for hydroxylation is 1. The number of nitrogens with zero attached hydrogens (tertiary/aromatic N) is 3. The molecule has 0 saturated carbocycles. The maximum Gasteiger partial charge on any atom is 0.300 e. The van der Waals surface area contributed by atoms with Crippen molar-refractivity contribution in [3.63, 3.8) is 0 Å². The summed E-state index contributed by atoms with van der Waals surface area (Å²) in [6.45, 7) is 7.78. The zero-order chi connectivity index (χ0) is 31.9. The maximum absolute atomic E-state index is 9.00. The molecule has 12 nitrogen and oxygen atoms in total. The van der Waals surface area contributed by atoms with Crippen LogP contribution >= 0.6 is 0 Å². The Labute approximate surface area is 249 Å². The standard InChI is InChI=1S/C25H24N6.3C2H4O2/c1-2-3-4-5-17-14-29-23-7-6-16(11-21(17)23)20-12-19(10-18-13-27-15-22(18)20)30-24-8-9-28-25(26)31-24;3*1-2(3)4/h2,6-14,29H,1,3-5,15H2,(H3,26,28,30,31);3*1H3,(H,3,4). The number of aromatic amines is 1. The van der Waals surface area contributed by atoms with Crippen LogP contribution in [0.25, 0.3) is 22.0 Å². The maximum atomic E-state index is 9.00. The van der Waals surface area contributed by atoms with Crippen LogP contribution in [0.3, 0.4) is 0 Å². The van der Waals surface area contributed by atoms with Crippen molar-refractivity contribution >= 4 is 52.5 Å². The Morgan fingerprint density at radius 1 is 1.05 bits per heavy atom. The first-order valence-corrected chi connectivity index (χ1v) is 13.2. The molecule has 0 unspecified atom stereocenters. The number of aliphatic carboxylic acids is 3. The fourth-order valence-corrected chi connectivity index (χ4v) is 4.13. The van der Waals surface area contributed by atoms with Crippen LogP contribution in [0.2, 0.25) is 0 Å². The van der Waals surface area contributed by atoms with Gasteiger partial charge in [0.05, 0.1) is 6.54 Å². The molecule has 43 heavy (non-hydrogen) atoms. The van der Waals surface area contributed by atoms with Crippen LogP contribution < -0.4 is 11.1 Å². The van der Waals surface area contributed by atoms with Gasteiger partial charge >= 0.3 is 0 Å². The number of hydrogen-bond donors (Lipinski definition) is 6. The third-order valence-electron chi connectivity index (χ3n) is 5.64. The Bertz CT molecular complexity index is 1570. The summed E-state index contributed by atoms with van der Waals surface area (Å²) in [4.78, 5) is 43.1. The molecule has 226 valence electrons. The SMILES string of the molecule is C=CCCCc1c[nH]c2ccc(-c3cc(Nc4ccnc(N)n4)cc4c3CN=C4)cc12.CC(=O)O.CC(=O)O.CC(=O)O. The normalized spacial score (nSPS) is 10.6. The van der Waals surface area contributed by atoms with Crippen molar-refractivity contribution in [3.05, 3.63) is 78.1 Å². The molecule has 7 N–H and O–H groups in total. The Morgan fingerprint density at radius 3 is 2.35 bits per heavy atom. The number of benzene rings is 2. The van der Waals surface area contributed by atoms with Crippen molar-refractivity contribution in [1.29, 1.82) is 0 Å². The van der Waals surface area contributed by atoms with Gasteiger partial charge in [-0.3, -0.25) is 19.4 Å². The molecule has 3 heterocycles. The molecule has 0 fully saturated rings. The van der Waals surface area contributed by atoms with Gasteiger partial charge in [0.25, 0.3) is 17.9 Å². The highest BCUT2D eigenvalue weighted by molar-refractivity contribution is 5.94. The third-order valence-corrected chi connectivity index (χ3v) is 5.64. The Balaban J connectivity index is 0.000000462. The van der Waals surface area contributed by atoms with Crippen LogP contribution in [0.4, 0.5) is 17.5 Å². The predicted molar refractivity (Wildman–Crippen MR) is 168 cm³/mol. The van der Waals surface area contributed by atoms with E-state index in [1.54, 1.807) is 12.3 Å². The average Bonchev–Trinajstić information content (AvgIpc) is 3.54. The van der Waals surface area contributed by atoms with Gasteiger partial charge in [-0.1, -0.05) is 12.1 Å². The van der Waals surface area contributed by atoms with E-state index in [1.165, 1.54) is 27.6 Å². The number of carboxylic acid groups (broad SMARTS) is 3. The molecule has 5 rings (SSSR count). The fourth-order valence-electron chi connectivity index (χ4n) is 4.13. The van der Waals surface area contributed by atoms with Gasteiger partial charge in [-0.2, -0.15) is 4.98 Å². The number of rotatable bonds is 7. The summed E-state index contributed by atoms with van der Waals surface area (Å²) in [6.07, 6.45) is 10.9. The highest BCUT2D eigenvalue weighted by Gasteiger charge is 2.16. The zero-order valence-corrected chi connectivity index (χ0v) is 24.3. The molecule has 1 aliphatic rings. The van der Waals surface area contributed by atoms with Crippen LogP contribution in [0.1, 0.15) is 50.3 Å². The number of allylic oxidation sites excluding steroid dienone is 1. The largest absolute Gasteiger partial charge is 0.481 e. The molecule has 0 amide bonds. The van der Waals surface area contributed by atoms with E-state index in [-0.39, 0.29) is 5.95 Å². The molecule has 0 spiro atoms. The monoisotopic (exact) mass is 588 g/mol. The van der Waals surface area contributed by atoms with Crippen molar-refractivity contribution in [2.75, 3.05) is 11.1 Å². The fraction of sp³-hybridized carbons (Fsp3) is 0.226. The van der Waals surface area contributed by atoms with E-state index < -0.39 is 17.9 Å². The second-order valence-electron chi connectivity index (χ2n) is 9.30. The van der Waals surface area contributed by atoms with Gasteiger partial charge in [-0.05, 0) is 71.8 Å². The predicted octanol–water partition coefficient (Wildman–Crippen LogP) is 5.66. The molecule has 0 saturated heterocycles. The van der Waals surface area contributed by atoms with Crippen LogP contribution in [-0.4, -0.2) is 54.4 Å². The van der Waals surface area contributed by atoms with Crippen LogP contribution in [0, 0.1) is 0 Å². The number of nitrogen functional groups attached to an aromatic ring is 1. The second-order valence-corrected chi connectivity index (χ2v) is 9.30. The first kappa shape index (κ1) is 33.7. The lowest BCUT2D eigenvalue weighted by molar-refractivity contribution is -0.135. The van der Waals surface area contributed by atoms with Crippen molar-refractivity contribution in [2.45, 2.75) is 46.6 Å². The van der Waals surface area contributed by atoms with Crippen LogP contribution in [-0.2, 0) is 27.3 Å². The molecule has 4 aromatic rings. The molecule has 0 aliphatic carbocycles. The van der Waals surface area contributed by atoms with E-state index in [9.17, 15) is 0 Å². The Morgan fingerprint density at radius 2 is 1.72 bits per heavy atom. The zero-order valence-electron chi connectivity index (χ0n) is 24.3. The lowest BCUT2D eigenvalue weighted by atomic mass is 9.94. The summed E-state index contributed by atoms with van der Waals surface area (Å²) in [7, 11) is 0. The number of anilines is 3. The smallest absolute Gasteiger partial charge is 0.300 e. The van der Waals surface area contributed by atoms with Crippen molar-refractivity contribution in [2.24, 2.45) is 4.99 Å². The molecule has 0 atom stereocenters. The third kappa shape index (κ3) is 11.5. The highest BCUT2D eigenvalue weighted by atomic mass is 16.4. The van der Waals surface area contributed by atoms with Crippen molar-refractivity contribution < 1.29 is 29.7 Å². The summed E-state index contributed by atoms with van der Waals surface area (Å²) >= 11 is 0.